The summed E-state index contributed by atoms with van der Waals surface area (Å²) in [5.41, 5.74) is 1.14. The number of halogens is 1. The highest BCUT2D eigenvalue weighted by atomic mass is 35.7. The Bertz CT molecular complexity index is 286. The molecule has 0 aliphatic carbocycles. The Morgan fingerprint density at radius 1 is 1.67 bits per heavy atom. The van der Waals surface area contributed by atoms with Crippen molar-refractivity contribution in [3.8, 4) is 0 Å². The Morgan fingerprint density at radius 2 is 2.17 bits per heavy atom. The Hall–Kier alpha value is -0.210. The minimum absolute atomic E-state index is 0.412. The van der Waals surface area contributed by atoms with E-state index in [4.69, 9.17) is 10.7 Å². The van der Waals surface area contributed by atoms with Gasteiger partial charge < -0.3 is 0 Å². The Labute approximate surface area is 79.6 Å². The third-order valence-electron chi connectivity index (χ3n) is 1.44. The number of hydrogen-bond acceptors (Lipinski definition) is 1. The van der Waals surface area contributed by atoms with Crippen LogP contribution in [0.5, 0.6) is 0 Å². The van der Waals surface area contributed by atoms with Gasteiger partial charge in [-0.25, -0.2) is 4.21 Å². The lowest BCUT2D eigenvalue weighted by molar-refractivity contribution is 0.693. The van der Waals surface area contributed by atoms with E-state index in [1.165, 1.54) is 0 Å². The maximum absolute atomic E-state index is 11.1. The first kappa shape index (κ1) is 11.8. The van der Waals surface area contributed by atoms with Crippen LogP contribution in [-0.4, -0.2) is 10.1 Å². The van der Waals surface area contributed by atoms with E-state index < -0.39 is 8.74 Å². The van der Waals surface area contributed by atoms with Crippen LogP contribution < -0.4 is 0 Å². The molecule has 3 heteroatoms. The van der Waals surface area contributed by atoms with Crippen LogP contribution >= 0.6 is 10.7 Å². The highest BCUT2D eigenvalue weighted by molar-refractivity contribution is 8.24. The molecule has 1 nitrogen and oxygen atoms in total. The second-order valence-electron chi connectivity index (χ2n) is 2.80. The summed E-state index contributed by atoms with van der Waals surface area (Å²) in [7, 11) is 2.89. The van der Waals surface area contributed by atoms with Gasteiger partial charge in [-0.05, 0) is 36.0 Å². The van der Waals surface area contributed by atoms with Crippen molar-refractivity contribution in [2.45, 2.75) is 26.7 Å². The van der Waals surface area contributed by atoms with Crippen molar-refractivity contribution in [3.05, 3.63) is 23.1 Å². The van der Waals surface area contributed by atoms with Crippen LogP contribution in [0.15, 0.2) is 23.1 Å². The number of allylic oxidation sites excluding steroid dienone is 2. The van der Waals surface area contributed by atoms with E-state index in [-0.39, 0.29) is 0 Å². The van der Waals surface area contributed by atoms with Gasteiger partial charge in [0.15, 0.2) is 0 Å². The third-order valence-corrected chi connectivity index (χ3v) is 2.94. The standard InChI is InChI=1S/C9H15ClOS/c1-5-6-8(2)7-9(3)12(4,10)11/h7H,3-6H2,1-2H3. The summed E-state index contributed by atoms with van der Waals surface area (Å²) in [5, 5.41) is 0. The van der Waals surface area contributed by atoms with Gasteiger partial charge in [0.1, 0.15) is 0 Å². The maximum Gasteiger partial charge on any atom is 0.0753 e. The molecule has 0 N–H and O–H groups in total. The molecule has 0 bridgehead atoms. The van der Waals surface area contributed by atoms with E-state index in [1.54, 1.807) is 6.08 Å². The van der Waals surface area contributed by atoms with E-state index in [0.717, 1.165) is 18.4 Å². The van der Waals surface area contributed by atoms with E-state index in [9.17, 15) is 4.21 Å². The predicted molar refractivity (Wildman–Crippen MR) is 58.9 cm³/mol. The Kier molecular flexibility index (Phi) is 4.64. The van der Waals surface area contributed by atoms with Gasteiger partial charge >= 0.3 is 0 Å². The maximum atomic E-state index is 11.1. The van der Waals surface area contributed by atoms with E-state index in [2.05, 4.69) is 19.4 Å². The molecule has 0 saturated carbocycles. The summed E-state index contributed by atoms with van der Waals surface area (Å²) >= 11 is 0. The predicted octanol–water partition coefficient (Wildman–Crippen LogP) is 3.12. The molecule has 0 amide bonds. The second kappa shape index (κ2) is 4.73. The normalized spacial score (nSPS) is 17.1. The second-order valence-corrected chi connectivity index (χ2v) is 6.01. The lowest BCUT2D eigenvalue weighted by atomic mass is 10.2. The molecule has 0 aliphatic heterocycles. The fourth-order valence-electron chi connectivity index (χ4n) is 0.829. The zero-order chi connectivity index (χ0) is 9.78. The SMILES string of the molecule is C=C(C=C(C)CCC)S(=C)(=O)Cl. The van der Waals surface area contributed by atoms with Crippen molar-refractivity contribution in [2.75, 3.05) is 0 Å². The highest BCUT2D eigenvalue weighted by Crippen LogP contribution is 2.15. The highest BCUT2D eigenvalue weighted by Gasteiger charge is 2.01. The van der Waals surface area contributed by atoms with Crippen LogP contribution in [0.3, 0.4) is 0 Å². The van der Waals surface area contributed by atoms with Crippen molar-refractivity contribution < 1.29 is 4.21 Å². The minimum atomic E-state index is -2.61. The van der Waals surface area contributed by atoms with Crippen LogP contribution in [0.25, 0.3) is 0 Å². The molecule has 0 rings (SSSR count). The van der Waals surface area contributed by atoms with Gasteiger partial charge in [-0.3, -0.25) is 0 Å². The first-order valence-corrected chi connectivity index (χ1v) is 6.36. The van der Waals surface area contributed by atoms with Crippen LogP contribution in [0.2, 0.25) is 0 Å². The van der Waals surface area contributed by atoms with Crippen molar-refractivity contribution in [2.24, 2.45) is 0 Å². The van der Waals surface area contributed by atoms with Gasteiger partial charge in [0, 0.05) is 4.91 Å². The van der Waals surface area contributed by atoms with E-state index in [0.29, 0.717) is 4.91 Å². The van der Waals surface area contributed by atoms with Gasteiger partial charge in [0.05, 0.1) is 8.74 Å². The summed E-state index contributed by atoms with van der Waals surface area (Å²) in [4.78, 5) is 0.412. The summed E-state index contributed by atoms with van der Waals surface area (Å²) < 4.78 is 11.1. The molecule has 0 heterocycles. The largest absolute Gasteiger partial charge is 0.248 e. The Balaban J connectivity index is 4.46. The molecule has 0 aromatic heterocycles. The molecule has 12 heavy (non-hydrogen) atoms. The van der Waals surface area contributed by atoms with Crippen molar-refractivity contribution in [3.63, 3.8) is 0 Å². The molecular weight excluding hydrogens is 192 g/mol. The fourth-order valence-corrected chi connectivity index (χ4v) is 1.34. The molecule has 0 aliphatic rings. The first-order chi connectivity index (χ1) is 5.38. The average molecular weight is 207 g/mol. The van der Waals surface area contributed by atoms with Gasteiger partial charge in [0.25, 0.3) is 0 Å². The monoisotopic (exact) mass is 206 g/mol. The van der Waals surface area contributed by atoms with Crippen molar-refractivity contribution in [1.29, 1.82) is 0 Å². The molecule has 0 saturated heterocycles. The molecule has 1 unspecified atom stereocenters. The zero-order valence-corrected chi connectivity index (χ0v) is 9.17. The topological polar surface area (TPSA) is 17.1 Å². The Morgan fingerprint density at radius 3 is 2.50 bits per heavy atom. The van der Waals surface area contributed by atoms with Crippen LogP contribution in [0, 0.1) is 0 Å². The lowest BCUT2D eigenvalue weighted by Gasteiger charge is -2.01. The number of hydrogen-bond donors (Lipinski definition) is 0. The van der Waals surface area contributed by atoms with Crippen LogP contribution in [0.1, 0.15) is 26.7 Å². The van der Waals surface area contributed by atoms with Crippen molar-refractivity contribution >= 4 is 25.3 Å². The van der Waals surface area contributed by atoms with Crippen LogP contribution in [-0.2, 0) is 8.74 Å². The van der Waals surface area contributed by atoms with Gasteiger partial charge in [-0.2, -0.15) is 0 Å². The average Bonchev–Trinajstić information content (AvgIpc) is 1.85. The molecule has 70 valence electrons. The molecule has 1 atom stereocenters. The molecule has 0 spiro atoms. The fraction of sp³-hybridized carbons (Fsp3) is 0.444. The summed E-state index contributed by atoms with van der Waals surface area (Å²) in [6.45, 7) is 7.66. The zero-order valence-electron chi connectivity index (χ0n) is 7.60. The lowest BCUT2D eigenvalue weighted by Crippen LogP contribution is -1.90. The van der Waals surface area contributed by atoms with Gasteiger partial charge in [-0.15, -0.1) is 0 Å². The van der Waals surface area contributed by atoms with Gasteiger partial charge in [-0.1, -0.05) is 25.5 Å². The summed E-state index contributed by atoms with van der Waals surface area (Å²) in [6.07, 6.45) is 3.80. The van der Waals surface area contributed by atoms with Gasteiger partial charge in [0.2, 0.25) is 0 Å². The van der Waals surface area contributed by atoms with Crippen molar-refractivity contribution in [1.82, 2.24) is 0 Å². The molecular formula is C9H15ClOS. The summed E-state index contributed by atoms with van der Waals surface area (Å²) in [5.74, 6) is 3.33. The van der Waals surface area contributed by atoms with Crippen LogP contribution in [0.4, 0.5) is 0 Å². The van der Waals surface area contributed by atoms with E-state index in [1.807, 2.05) is 6.92 Å². The molecule has 0 aromatic rings. The summed E-state index contributed by atoms with van der Waals surface area (Å²) in [6, 6.07) is 0. The minimum Gasteiger partial charge on any atom is -0.248 e. The number of rotatable bonds is 4. The third kappa shape index (κ3) is 4.62. The first-order valence-electron chi connectivity index (χ1n) is 3.81. The molecule has 0 aromatic carbocycles. The molecule has 0 fully saturated rings. The molecule has 0 radical (unpaired) electrons. The van der Waals surface area contributed by atoms with E-state index >= 15 is 0 Å². The quantitative estimate of drug-likeness (QED) is 0.393. The smallest absolute Gasteiger partial charge is 0.0753 e.